The summed E-state index contributed by atoms with van der Waals surface area (Å²) in [7, 11) is -0.819. The molecule has 0 radical (unpaired) electrons. The normalized spacial score (nSPS) is 14.6. The second kappa shape index (κ2) is 9.61. The second-order valence-electron chi connectivity index (χ2n) is 6.98. The van der Waals surface area contributed by atoms with Gasteiger partial charge in [0.15, 0.2) is 9.84 Å². The molecule has 2 aromatic rings. The maximum absolute atomic E-state index is 13.1. The largest absolute Gasteiger partial charge is 0.497 e. The van der Waals surface area contributed by atoms with E-state index in [1.807, 2.05) is 0 Å². The van der Waals surface area contributed by atoms with Crippen LogP contribution in [-0.2, 0) is 19.4 Å². The molecule has 0 saturated carbocycles. The summed E-state index contributed by atoms with van der Waals surface area (Å²) in [6.07, 6.45) is 0.118. The topological polar surface area (TPSA) is 111 Å². The van der Waals surface area contributed by atoms with Gasteiger partial charge in [0.05, 0.1) is 35.7 Å². The molecule has 31 heavy (non-hydrogen) atoms. The molecule has 166 valence electrons. The third-order valence-electron chi connectivity index (χ3n) is 4.82. The van der Waals surface area contributed by atoms with Crippen molar-refractivity contribution in [3.8, 4) is 11.5 Å². The fraction of sp³-hybridized carbons (Fsp3) is 0.333. The van der Waals surface area contributed by atoms with Gasteiger partial charge in [0.25, 0.3) is 0 Å². The zero-order valence-corrected chi connectivity index (χ0v) is 19.1. The molecule has 0 saturated heterocycles. The molecule has 10 heteroatoms. The van der Waals surface area contributed by atoms with Crippen molar-refractivity contribution in [1.29, 1.82) is 0 Å². The standard InChI is InChI=1S/C21H24N2O6S2/c1-13(10-21(25)22-16-11-14(28-2)4-6-18(16)29-3)31(26,27)15-5-7-19-17(12-15)23-20(24)8-9-30-19/h4-7,11-13H,8-10H2,1-3H3,(H,22,25)(H,23,24)/t13-/m0/s1. The lowest BCUT2D eigenvalue weighted by Crippen LogP contribution is -2.25. The molecule has 2 N–H and O–H groups in total. The summed E-state index contributed by atoms with van der Waals surface area (Å²) in [5, 5.41) is 4.45. The highest BCUT2D eigenvalue weighted by Crippen LogP contribution is 2.34. The molecular weight excluding hydrogens is 440 g/mol. The molecule has 1 atom stereocenters. The Labute approximate surface area is 185 Å². The molecule has 0 spiro atoms. The van der Waals surface area contributed by atoms with Crippen molar-refractivity contribution in [3.05, 3.63) is 36.4 Å². The first-order chi connectivity index (χ1) is 14.7. The number of methoxy groups -OCH3 is 2. The first-order valence-corrected chi connectivity index (χ1v) is 12.1. The number of fused-ring (bicyclic) bond motifs is 1. The Morgan fingerprint density at radius 1 is 1.19 bits per heavy atom. The first-order valence-electron chi connectivity index (χ1n) is 9.57. The van der Waals surface area contributed by atoms with Crippen molar-refractivity contribution in [2.24, 2.45) is 0 Å². The van der Waals surface area contributed by atoms with Crippen LogP contribution < -0.4 is 20.1 Å². The Morgan fingerprint density at radius 2 is 1.97 bits per heavy atom. The van der Waals surface area contributed by atoms with Crippen LogP contribution in [0.25, 0.3) is 0 Å². The van der Waals surface area contributed by atoms with Crippen LogP contribution in [0.4, 0.5) is 11.4 Å². The van der Waals surface area contributed by atoms with Gasteiger partial charge in [-0.1, -0.05) is 0 Å². The minimum absolute atomic E-state index is 0.0633. The Balaban J connectivity index is 1.76. The number of nitrogens with one attached hydrogen (secondary N) is 2. The highest BCUT2D eigenvalue weighted by molar-refractivity contribution is 7.99. The van der Waals surface area contributed by atoms with Gasteiger partial charge >= 0.3 is 0 Å². The van der Waals surface area contributed by atoms with E-state index in [4.69, 9.17) is 9.47 Å². The Morgan fingerprint density at radius 3 is 2.68 bits per heavy atom. The van der Waals surface area contributed by atoms with Crippen molar-refractivity contribution >= 4 is 44.8 Å². The van der Waals surface area contributed by atoms with Crippen molar-refractivity contribution < 1.29 is 27.5 Å². The lowest BCUT2D eigenvalue weighted by atomic mass is 10.2. The van der Waals surface area contributed by atoms with Crippen LogP contribution in [0.2, 0.25) is 0 Å². The van der Waals surface area contributed by atoms with Crippen molar-refractivity contribution in [2.45, 2.75) is 34.8 Å². The SMILES string of the molecule is COc1ccc(OC)c(NC(=O)C[C@H](C)S(=O)(=O)c2ccc3c(c2)NC(=O)CCS3)c1. The third-order valence-corrected chi connectivity index (χ3v) is 8.04. The number of carbonyl (C=O) groups excluding carboxylic acids is 2. The van der Waals surface area contributed by atoms with Crippen molar-refractivity contribution in [2.75, 3.05) is 30.6 Å². The number of thioether (sulfide) groups is 1. The molecule has 1 heterocycles. The van der Waals surface area contributed by atoms with E-state index in [9.17, 15) is 18.0 Å². The summed E-state index contributed by atoms with van der Waals surface area (Å²) in [5.74, 6) is 0.974. The summed E-state index contributed by atoms with van der Waals surface area (Å²) in [4.78, 5) is 25.3. The number of benzene rings is 2. The highest BCUT2D eigenvalue weighted by Gasteiger charge is 2.27. The molecule has 1 aliphatic heterocycles. The summed E-state index contributed by atoms with van der Waals surface area (Å²) >= 11 is 1.49. The van der Waals surface area contributed by atoms with Gasteiger partial charge in [-0.2, -0.15) is 0 Å². The lowest BCUT2D eigenvalue weighted by Gasteiger charge is -2.16. The average molecular weight is 465 g/mol. The number of rotatable bonds is 7. The zero-order valence-electron chi connectivity index (χ0n) is 17.4. The quantitative estimate of drug-likeness (QED) is 0.647. The van der Waals surface area contributed by atoms with E-state index in [1.54, 1.807) is 24.3 Å². The van der Waals surface area contributed by atoms with Gasteiger partial charge in [0.1, 0.15) is 11.5 Å². The molecule has 0 fully saturated rings. The minimum atomic E-state index is -3.80. The fourth-order valence-corrected chi connectivity index (χ4v) is 5.40. The van der Waals surface area contributed by atoms with E-state index in [-0.39, 0.29) is 17.2 Å². The van der Waals surface area contributed by atoms with Crippen LogP contribution in [0.1, 0.15) is 19.8 Å². The Kier molecular flexibility index (Phi) is 7.11. The summed E-state index contributed by atoms with van der Waals surface area (Å²) in [6.45, 7) is 1.48. The van der Waals surface area contributed by atoms with Gasteiger partial charge in [0, 0.05) is 29.6 Å². The molecule has 3 rings (SSSR count). The first kappa shape index (κ1) is 23.0. The van der Waals surface area contributed by atoms with Crippen LogP contribution in [0.15, 0.2) is 46.2 Å². The van der Waals surface area contributed by atoms with Crippen LogP contribution in [-0.4, -0.2) is 45.5 Å². The van der Waals surface area contributed by atoms with E-state index < -0.39 is 21.0 Å². The Bertz CT molecular complexity index is 1100. The second-order valence-corrected chi connectivity index (χ2v) is 10.5. The van der Waals surface area contributed by atoms with Gasteiger partial charge in [-0.05, 0) is 37.3 Å². The van der Waals surface area contributed by atoms with E-state index in [1.165, 1.54) is 45.0 Å². The van der Waals surface area contributed by atoms with Gasteiger partial charge in [-0.15, -0.1) is 11.8 Å². The molecule has 0 aliphatic carbocycles. The predicted molar refractivity (Wildman–Crippen MR) is 120 cm³/mol. The maximum atomic E-state index is 13.1. The van der Waals surface area contributed by atoms with Crippen LogP contribution in [0, 0.1) is 0 Å². The number of carbonyl (C=O) groups is 2. The minimum Gasteiger partial charge on any atom is -0.497 e. The van der Waals surface area contributed by atoms with Crippen LogP contribution in [0.5, 0.6) is 11.5 Å². The molecule has 0 bridgehead atoms. The molecule has 0 unspecified atom stereocenters. The summed E-state index contributed by atoms with van der Waals surface area (Å²) in [5.41, 5.74) is 0.868. The number of hydrogen-bond donors (Lipinski definition) is 2. The molecule has 8 nitrogen and oxygen atoms in total. The van der Waals surface area contributed by atoms with E-state index in [2.05, 4.69) is 10.6 Å². The van der Waals surface area contributed by atoms with Crippen molar-refractivity contribution in [1.82, 2.24) is 0 Å². The van der Waals surface area contributed by atoms with Gasteiger partial charge in [0.2, 0.25) is 11.8 Å². The van der Waals surface area contributed by atoms with E-state index in [0.29, 0.717) is 35.0 Å². The fourth-order valence-electron chi connectivity index (χ4n) is 3.09. The van der Waals surface area contributed by atoms with Crippen LogP contribution in [0.3, 0.4) is 0 Å². The summed E-state index contributed by atoms with van der Waals surface area (Å²) < 4.78 is 36.5. The number of hydrogen-bond acceptors (Lipinski definition) is 7. The average Bonchev–Trinajstić information content (AvgIpc) is 2.93. The molecular formula is C21H24N2O6S2. The summed E-state index contributed by atoms with van der Waals surface area (Å²) in [6, 6.07) is 9.60. The zero-order chi connectivity index (χ0) is 22.6. The predicted octanol–water partition coefficient (Wildman–Crippen LogP) is 3.33. The monoisotopic (exact) mass is 464 g/mol. The Hall–Kier alpha value is -2.72. The smallest absolute Gasteiger partial charge is 0.225 e. The highest BCUT2D eigenvalue weighted by atomic mass is 32.2. The number of amides is 2. The molecule has 0 aromatic heterocycles. The van der Waals surface area contributed by atoms with Crippen molar-refractivity contribution in [3.63, 3.8) is 0 Å². The van der Waals surface area contributed by atoms with Crippen LogP contribution >= 0.6 is 11.8 Å². The van der Waals surface area contributed by atoms with Gasteiger partial charge in [-0.25, -0.2) is 8.42 Å². The van der Waals surface area contributed by atoms with Gasteiger partial charge in [-0.3, -0.25) is 9.59 Å². The third kappa shape index (κ3) is 5.31. The maximum Gasteiger partial charge on any atom is 0.225 e. The number of sulfone groups is 1. The molecule has 2 amide bonds. The lowest BCUT2D eigenvalue weighted by molar-refractivity contribution is -0.116. The van der Waals surface area contributed by atoms with Gasteiger partial charge < -0.3 is 20.1 Å². The number of anilines is 2. The van der Waals surface area contributed by atoms with E-state index >= 15 is 0 Å². The molecule has 1 aliphatic rings. The van der Waals surface area contributed by atoms with E-state index in [0.717, 1.165) is 4.90 Å². The molecule has 2 aromatic carbocycles. The number of ether oxygens (including phenoxy) is 2.